The molecule has 0 saturated heterocycles. The van der Waals surface area contributed by atoms with Crippen LogP contribution in [0.4, 0.5) is 0 Å². The first-order valence-electron chi connectivity index (χ1n) is 11.9. The van der Waals surface area contributed by atoms with Crippen molar-refractivity contribution in [3.05, 3.63) is 0 Å². The van der Waals surface area contributed by atoms with E-state index in [0.29, 0.717) is 0 Å². The smallest absolute Gasteiger partial charge is 0.0167 e. The van der Waals surface area contributed by atoms with Crippen LogP contribution in [-0.4, -0.2) is 14.1 Å². The number of rotatable bonds is 15. The van der Waals surface area contributed by atoms with Crippen molar-refractivity contribution in [2.75, 3.05) is 14.1 Å². The zero-order valence-electron chi connectivity index (χ0n) is 19.8. The number of hydrogen-bond donors (Lipinski definition) is 1. The molecular formula is C24H57N. The van der Waals surface area contributed by atoms with Crippen LogP contribution in [0.15, 0.2) is 0 Å². The lowest BCUT2D eigenvalue weighted by Gasteiger charge is -2.03. The summed E-state index contributed by atoms with van der Waals surface area (Å²) in [6.07, 6.45) is 23.4. The lowest BCUT2D eigenvalue weighted by molar-refractivity contribution is 0.531. The van der Waals surface area contributed by atoms with Crippen LogP contribution >= 0.6 is 0 Å². The van der Waals surface area contributed by atoms with Crippen LogP contribution in [0, 0.1) is 0 Å². The molecule has 1 heteroatoms. The predicted molar refractivity (Wildman–Crippen MR) is 123 cm³/mol. The average molecular weight is 360 g/mol. The summed E-state index contributed by atoms with van der Waals surface area (Å²) in [5.74, 6) is 0. The Balaban J connectivity index is -0.000000274. The van der Waals surface area contributed by atoms with E-state index in [1.165, 1.54) is 103 Å². The normalized spacial score (nSPS) is 9.12. The van der Waals surface area contributed by atoms with Gasteiger partial charge in [0, 0.05) is 0 Å². The van der Waals surface area contributed by atoms with Gasteiger partial charge in [0.15, 0.2) is 0 Å². The second-order valence-corrected chi connectivity index (χ2v) is 6.45. The van der Waals surface area contributed by atoms with E-state index < -0.39 is 0 Å². The summed E-state index contributed by atoms with van der Waals surface area (Å²) in [5, 5.41) is 2.75. The van der Waals surface area contributed by atoms with Gasteiger partial charge in [-0.1, -0.05) is 144 Å². The summed E-state index contributed by atoms with van der Waals surface area (Å²) >= 11 is 0. The molecule has 0 bridgehead atoms. The maximum absolute atomic E-state index is 2.75. The van der Waals surface area contributed by atoms with Crippen molar-refractivity contribution < 1.29 is 0 Å². The van der Waals surface area contributed by atoms with Crippen LogP contribution in [0.25, 0.3) is 0 Å². The minimum absolute atomic E-state index is 1.37. The molecule has 0 aromatic carbocycles. The molecule has 0 aliphatic rings. The van der Waals surface area contributed by atoms with E-state index >= 15 is 0 Å². The maximum atomic E-state index is 2.75. The van der Waals surface area contributed by atoms with Gasteiger partial charge >= 0.3 is 0 Å². The minimum Gasteiger partial charge on any atom is -0.323 e. The Morgan fingerprint density at radius 2 is 0.480 bits per heavy atom. The van der Waals surface area contributed by atoms with Gasteiger partial charge in [-0.2, -0.15) is 0 Å². The first-order valence-corrected chi connectivity index (χ1v) is 11.9. The van der Waals surface area contributed by atoms with Gasteiger partial charge in [0.25, 0.3) is 0 Å². The zero-order chi connectivity index (χ0) is 20.0. The Hall–Kier alpha value is -0.0400. The Morgan fingerprint density at radius 1 is 0.360 bits per heavy atom. The monoisotopic (exact) mass is 359 g/mol. The average Bonchev–Trinajstić information content (AvgIpc) is 2.66. The molecule has 0 aliphatic carbocycles. The summed E-state index contributed by atoms with van der Waals surface area (Å²) in [6.45, 7) is 12.6. The van der Waals surface area contributed by atoms with Crippen LogP contribution in [0.1, 0.15) is 144 Å². The molecule has 0 aromatic heterocycles. The predicted octanol–water partition coefficient (Wildman–Crippen LogP) is 9.16. The Kier molecular flexibility index (Phi) is 57.3. The molecule has 0 amide bonds. The highest BCUT2D eigenvalue weighted by Crippen LogP contribution is 2.13. The standard InChI is InChI=1S/C18H38.C2H7N.2C2H6/c1-3-5-7-9-11-13-15-17-18-16-14-12-10-8-6-4-2;1-3-2;2*1-2/h3-18H2,1-2H3;3H,1-2H3;2*1-2H3. The summed E-state index contributed by atoms with van der Waals surface area (Å²) in [4.78, 5) is 0. The molecule has 1 N–H and O–H groups in total. The van der Waals surface area contributed by atoms with E-state index in [1.807, 2.05) is 41.8 Å². The highest BCUT2D eigenvalue weighted by molar-refractivity contribution is 4.49. The third-order valence-corrected chi connectivity index (χ3v) is 3.96. The fourth-order valence-corrected chi connectivity index (χ4v) is 2.62. The molecule has 0 atom stereocenters. The third-order valence-electron chi connectivity index (χ3n) is 3.96. The van der Waals surface area contributed by atoms with E-state index in [2.05, 4.69) is 19.2 Å². The summed E-state index contributed by atoms with van der Waals surface area (Å²) in [7, 11) is 3.75. The lowest BCUT2D eigenvalue weighted by atomic mass is 10.0. The summed E-state index contributed by atoms with van der Waals surface area (Å²) < 4.78 is 0. The van der Waals surface area contributed by atoms with E-state index in [9.17, 15) is 0 Å². The van der Waals surface area contributed by atoms with Crippen molar-refractivity contribution in [2.24, 2.45) is 0 Å². The lowest BCUT2D eigenvalue weighted by Crippen LogP contribution is -1.89. The fourth-order valence-electron chi connectivity index (χ4n) is 2.62. The fraction of sp³-hybridized carbons (Fsp3) is 1.00. The van der Waals surface area contributed by atoms with Gasteiger partial charge in [0.2, 0.25) is 0 Å². The van der Waals surface area contributed by atoms with Gasteiger partial charge in [-0.25, -0.2) is 0 Å². The first kappa shape index (κ1) is 32.6. The molecule has 0 aromatic rings. The molecule has 0 aliphatic heterocycles. The van der Waals surface area contributed by atoms with Crippen molar-refractivity contribution >= 4 is 0 Å². The maximum Gasteiger partial charge on any atom is -0.0167 e. The molecular weight excluding hydrogens is 302 g/mol. The van der Waals surface area contributed by atoms with Crippen LogP contribution in [0.3, 0.4) is 0 Å². The molecule has 0 saturated carbocycles. The van der Waals surface area contributed by atoms with Crippen molar-refractivity contribution in [3.63, 3.8) is 0 Å². The molecule has 158 valence electrons. The highest BCUT2D eigenvalue weighted by Gasteiger charge is 1.93. The Labute approximate surface area is 164 Å². The van der Waals surface area contributed by atoms with Crippen LogP contribution in [0.2, 0.25) is 0 Å². The minimum atomic E-state index is 1.37. The molecule has 0 heterocycles. The van der Waals surface area contributed by atoms with Crippen molar-refractivity contribution in [1.29, 1.82) is 0 Å². The summed E-state index contributed by atoms with van der Waals surface area (Å²) in [6, 6.07) is 0. The molecule has 1 nitrogen and oxygen atoms in total. The van der Waals surface area contributed by atoms with Crippen molar-refractivity contribution in [1.82, 2.24) is 5.32 Å². The summed E-state index contributed by atoms with van der Waals surface area (Å²) in [5.41, 5.74) is 0. The Bertz CT molecular complexity index is 129. The Morgan fingerprint density at radius 3 is 0.600 bits per heavy atom. The van der Waals surface area contributed by atoms with Gasteiger partial charge in [0.1, 0.15) is 0 Å². The van der Waals surface area contributed by atoms with Crippen LogP contribution < -0.4 is 5.32 Å². The number of nitrogens with one attached hydrogen (secondary N) is 1. The molecule has 25 heavy (non-hydrogen) atoms. The van der Waals surface area contributed by atoms with Gasteiger partial charge in [-0.3, -0.25) is 0 Å². The van der Waals surface area contributed by atoms with E-state index in [1.54, 1.807) is 0 Å². The molecule has 0 spiro atoms. The molecule has 0 fully saturated rings. The second kappa shape index (κ2) is 43.9. The van der Waals surface area contributed by atoms with Gasteiger partial charge in [0.05, 0.1) is 0 Å². The number of hydrogen-bond acceptors (Lipinski definition) is 1. The van der Waals surface area contributed by atoms with E-state index in [-0.39, 0.29) is 0 Å². The topological polar surface area (TPSA) is 12.0 Å². The van der Waals surface area contributed by atoms with Crippen molar-refractivity contribution in [2.45, 2.75) is 144 Å². The molecule has 0 radical (unpaired) electrons. The third kappa shape index (κ3) is 51.6. The van der Waals surface area contributed by atoms with Crippen LogP contribution in [-0.2, 0) is 0 Å². The van der Waals surface area contributed by atoms with E-state index in [0.717, 1.165) is 0 Å². The quantitative estimate of drug-likeness (QED) is 0.287. The van der Waals surface area contributed by atoms with Crippen LogP contribution in [0.5, 0.6) is 0 Å². The van der Waals surface area contributed by atoms with Crippen molar-refractivity contribution in [3.8, 4) is 0 Å². The van der Waals surface area contributed by atoms with Gasteiger partial charge < -0.3 is 5.32 Å². The zero-order valence-corrected chi connectivity index (χ0v) is 19.8. The highest BCUT2D eigenvalue weighted by atomic mass is 14.7. The van der Waals surface area contributed by atoms with Gasteiger partial charge in [-0.15, -0.1) is 0 Å². The number of unbranched alkanes of at least 4 members (excludes halogenated alkanes) is 15. The van der Waals surface area contributed by atoms with Gasteiger partial charge in [-0.05, 0) is 14.1 Å². The molecule has 0 rings (SSSR count). The SMILES string of the molecule is CC.CC.CCCCCCCCCCCCCCCCCC.CNC. The largest absolute Gasteiger partial charge is 0.323 e. The first-order chi connectivity index (χ1) is 12.3. The second-order valence-electron chi connectivity index (χ2n) is 6.45. The van der Waals surface area contributed by atoms with E-state index in [4.69, 9.17) is 0 Å². The molecule has 0 unspecified atom stereocenters.